The lowest BCUT2D eigenvalue weighted by atomic mass is 10.0. The number of nitrogens with one attached hydrogen (secondary N) is 2. The van der Waals surface area contributed by atoms with Crippen molar-refractivity contribution in [1.82, 2.24) is 25.3 Å². The second-order valence-corrected chi connectivity index (χ2v) is 8.59. The highest BCUT2D eigenvalue weighted by Gasteiger charge is 2.24. The van der Waals surface area contributed by atoms with Crippen LogP contribution in [0.1, 0.15) is 36.7 Å². The summed E-state index contributed by atoms with van der Waals surface area (Å²) in [6.07, 6.45) is 4.09. The third-order valence-corrected chi connectivity index (χ3v) is 5.90. The lowest BCUT2D eigenvalue weighted by Crippen LogP contribution is -2.47. The summed E-state index contributed by atoms with van der Waals surface area (Å²) in [5.41, 5.74) is 1.78. The van der Waals surface area contributed by atoms with E-state index in [0.29, 0.717) is 35.3 Å². The minimum atomic E-state index is -0.227. The smallest absolute Gasteiger partial charge is 0.272 e. The minimum Gasteiger partial charge on any atom is -0.463 e. The van der Waals surface area contributed by atoms with E-state index in [4.69, 9.17) is 16.0 Å². The highest BCUT2D eigenvalue weighted by molar-refractivity contribution is 6.30. The van der Waals surface area contributed by atoms with Gasteiger partial charge < -0.3 is 15.1 Å². The van der Waals surface area contributed by atoms with Gasteiger partial charge >= 0.3 is 0 Å². The van der Waals surface area contributed by atoms with Crippen LogP contribution in [0.3, 0.4) is 0 Å². The van der Waals surface area contributed by atoms with Gasteiger partial charge in [-0.05, 0) is 55.7 Å². The van der Waals surface area contributed by atoms with Crippen molar-refractivity contribution in [2.75, 3.05) is 26.2 Å². The van der Waals surface area contributed by atoms with E-state index in [1.807, 2.05) is 25.1 Å². The van der Waals surface area contributed by atoms with Gasteiger partial charge in [-0.3, -0.25) is 14.5 Å². The quantitative estimate of drug-likeness (QED) is 0.526. The van der Waals surface area contributed by atoms with E-state index in [1.54, 1.807) is 35.2 Å². The highest BCUT2D eigenvalue weighted by atomic mass is 35.5. The summed E-state index contributed by atoms with van der Waals surface area (Å²) in [5, 5.41) is 11.2. The number of rotatable bonds is 8. The summed E-state index contributed by atoms with van der Waals surface area (Å²) >= 11 is 6.03. The number of carbonyl (C=O) groups is 2. The average molecular weight is 470 g/mol. The van der Waals surface area contributed by atoms with Crippen LogP contribution in [-0.2, 0) is 4.79 Å². The molecule has 0 aliphatic carbocycles. The number of carbonyl (C=O) groups excluding carboxylic acids is 2. The largest absolute Gasteiger partial charge is 0.463 e. The first-order valence-electron chi connectivity index (χ1n) is 11.2. The monoisotopic (exact) mass is 469 g/mol. The molecule has 33 heavy (non-hydrogen) atoms. The molecule has 0 bridgehead atoms. The third-order valence-electron chi connectivity index (χ3n) is 5.65. The second-order valence-electron chi connectivity index (χ2n) is 8.15. The zero-order valence-corrected chi connectivity index (χ0v) is 19.3. The van der Waals surface area contributed by atoms with E-state index >= 15 is 0 Å². The zero-order valence-electron chi connectivity index (χ0n) is 18.6. The normalized spacial score (nSPS) is 14.8. The first-order valence-corrected chi connectivity index (χ1v) is 11.6. The van der Waals surface area contributed by atoms with Crippen LogP contribution in [-0.4, -0.2) is 58.7 Å². The fraction of sp³-hybridized carbons (Fsp3) is 0.375. The molecule has 1 saturated heterocycles. The molecule has 8 nitrogen and oxygen atoms in total. The summed E-state index contributed by atoms with van der Waals surface area (Å²) < 4.78 is 7.24. The number of hydrogen-bond acceptors (Lipinski definition) is 5. The molecule has 1 aliphatic heterocycles. The molecule has 0 atom stereocenters. The summed E-state index contributed by atoms with van der Waals surface area (Å²) in [6.45, 7) is 4.67. The van der Waals surface area contributed by atoms with Crippen LogP contribution in [0.4, 0.5) is 0 Å². The van der Waals surface area contributed by atoms with Crippen LogP contribution in [0.5, 0.6) is 0 Å². The molecule has 3 heterocycles. The van der Waals surface area contributed by atoms with Crippen LogP contribution < -0.4 is 10.6 Å². The van der Waals surface area contributed by atoms with Crippen molar-refractivity contribution in [3.8, 4) is 17.1 Å². The van der Waals surface area contributed by atoms with E-state index < -0.39 is 0 Å². The van der Waals surface area contributed by atoms with E-state index in [-0.39, 0.29) is 17.9 Å². The Morgan fingerprint density at radius 3 is 2.61 bits per heavy atom. The topological polar surface area (TPSA) is 92.4 Å². The van der Waals surface area contributed by atoms with Crippen molar-refractivity contribution in [1.29, 1.82) is 0 Å². The minimum absolute atomic E-state index is 0.0418. The Hall–Kier alpha value is -3.10. The molecule has 174 valence electrons. The zero-order chi connectivity index (χ0) is 23.2. The number of halogens is 1. The van der Waals surface area contributed by atoms with Gasteiger partial charge in [-0.15, -0.1) is 0 Å². The molecule has 3 aromatic rings. The molecular formula is C24H28ClN5O3. The maximum atomic E-state index is 13.0. The van der Waals surface area contributed by atoms with Crippen molar-refractivity contribution in [3.63, 3.8) is 0 Å². The van der Waals surface area contributed by atoms with Gasteiger partial charge in [-0.1, -0.05) is 18.5 Å². The van der Waals surface area contributed by atoms with E-state index in [9.17, 15) is 9.59 Å². The molecule has 2 amide bonds. The Bertz CT molecular complexity index is 1070. The fourth-order valence-corrected chi connectivity index (χ4v) is 4.02. The maximum Gasteiger partial charge on any atom is 0.272 e. The molecule has 1 aliphatic rings. The number of furan rings is 1. The Morgan fingerprint density at radius 1 is 1.18 bits per heavy atom. The molecular weight excluding hydrogens is 442 g/mol. The second kappa shape index (κ2) is 10.7. The maximum absolute atomic E-state index is 13.0. The predicted molar refractivity (Wildman–Crippen MR) is 127 cm³/mol. The molecule has 0 saturated carbocycles. The van der Waals surface area contributed by atoms with Crippen LogP contribution in [0, 0.1) is 0 Å². The van der Waals surface area contributed by atoms with Crippen molar-refractivity contribution in [3.05, 3.63) is 59.4 Å². The first kappa shape index (κ1) is 23.1. The summed E-state index contributed by atoms with van der Waals surface area (Å²) in [6, 6.07) is 12.6. The van der Waals surface area contributed by atoms with Gasteiger partial charge in [0.05, 0.1) is 18.5 Å². The number of aromatic nitrogens is 2. The van der Waals surface area contributed by atoms with E-state index in [1.165, 1.54) is 0 Å². The molecule has 1 fully saturated rings. The summed E-state index contributed by atoms with van der Waals surface area (Å²) in [7, 11) is 0. The Balaban J connectivity index is 1.41. The van der Waals surface area contributed by atoms with Crippen LogP contribution >= 0.6 is 11.6 Å². The number of amides is 2. The molecule has 2 N–H and O–H groups in total. The number of likely N-dealkylation sites (tertiary alicyclic amines) is 1. The lowest BCUT2D eigenvalue weighted by Gasteiger charge is -2.31. The Kier molecular flexibility index (Phi) is 7.47. The molecule has 0 radical (unpaired) electrons. The van der Waals surface area contributed by atoms with Gasteiger partial charge in [0.2, 0.25) is 5.91 Å². The molecule has 2 aromatic heterocycles. The van der Waals surface area contributed by atoms with Crippen molar-refractivity contribution in [2.24, 2.45) is 0 Å². The van der Waals surface area contributed by atoms with Crippen molar-refractivity contribution in [2.45, 2.75) is 32.2 Å². The molecule has 0 unspecified atom stereocenters. The van der Waals surface area contributed by atoms with Gasteiger partial charge in [0.1, 0.15) is 5.69 Å². The molecule has 1 aromatic carbocycles. The SMILES string of the molecule is CCCNC(=O)CN1CCC(NC(=O)c2cc(-c3ccco3)n(-c3ccc(Cl)cc3)n2)CC1. The van der Waals surface area contributed by atoms with Crippen molar-refractivity contribution >= 4 is 23.4 Å². The van der Waals surface area contributed by atoms with Gasteiger partial charge in [0.15, 0.2) is 11.5 Å². The fourth-order valence-electron chi connectivity index (χ4n) is 3.89. The molecule has 9 heteroatoms. The van der Waals surface area contributed by atoms with Gasteiger partial charge in [0.25, 0.3) is 5.91 Å². The lowest BCUT2D eigenvalue weighted by molar-refractivity contribution is -0.122. The number of hydrogen-bond donors (Lipinski definition) is 2. The highest BCUT2D eigenvalue weighted by Crippen LogP contribution is 2.25. The van der Waals surface area contributed by atoms with E-state index in [0.717, 1.165) is 38.0 Å². The van der Waals surface area contributed by atoms with Crippen LogP contribution in [0.15, 0.2) is 53.1 Å². The third kappa shape index (κ3) is 5.83. The standard InChI is InChI=1S/C24H28ClN5O3/c1-2-11-26-23(31)16-29-12-9-18(10-13-29)27-24(32)20-15-21(22-4-3-14-33-22)30(28-20)19-7-5-17(25)6-8-19/h3-8,14-15,18H,2,9-13,16H2,1H3,(H,26,31)(H,27,32). The van der Waals surface area contributed by atoms with Gasteiger partial charge in [0, 0.05) is 36.8 Å². The average Bonchev–Trinajstić information content (AvgIpc) is 3.50. The summed E-state index contributed by atoms with van der Waals surface area (Å²) in [5.74, 6) is 0.443. The Labute approximate surface area is 197 Å². The van der Waals surface area contributed by atoms with Crippen LogP contribution in [0.2, 0.25) is 5.02 Å². The molecule has 4 rings (SSSR count). The number of benzene rings is 1. The van der Waals surface area contributed by atoms with E-state index in [2.05, 4.69) is 20.6 Å². The summed E-state index contributed by atoms with van der Waals surface area (Å²) in [4.78, 5) is 27.1. The van der Waals surface area contributed by atoms with Gasteiger partial charge in [-0.2, -0.15) is 5.10 Å². The first-order chi connectivity index (χ1) is 16.0. The Morgan fingerprint density at radius 2 is 1.94 bits per heavy atom. The predicted octanol–water partition coefficient (Wildman–Crippen LogP) is 3.51. The van der Waals surface area contributed by atoms with Crippen molar-refractivity contribution < 1.29 is 14.0 Å². The van der Waals surface area contributed by atoms with Crippen LogP contribution in [0.25, 0.3) is 17.1 Å². The van der Waals surface area contributed by atoms with Gasteiger partial charge in [-0.25, -0.2) is 4.68 Å². The number of piperidine rings is 1. The molecule has 0 spiro atoms. The number of nitrogens with zero attached hydrogens (tertiary/aromatic N) is 3.